The highest BCUT2D eigenvalue weighted by molar-refractivity contribution is 5.49. The van der Waals surface area contributed by atoms with Gasteiger partial charge in [0.2, 0.25) is 0 Å². The molecule has 4 heteroatoms. The molecule has 0 saturated heterocycles. The van der Waals surface area contributed by atoms with Crippen LogP contribution in [-0.4, -0.2) is 0 Å². The number of benzene rings is 3. The fourth-order valence-electron chi connectivity index (χ4n) is 3.04. The van der Waals surface area contributed by atoms with Gasteiger partial charge in [-0.05, 0) is 66.8 Å². The Bertz CT molecular complexity index is 1180. The molecule has 34 heavy (non-hydrogen) atoms. The lowest BCUT2D eigenvalue weighted by atomic mass is 10.1. The molecule has 0 aromatic heterocycles. The standard InChI is InChI=1S/C15H12FO.C15H15FO/c1-3-12-5-8-13(9-6-12)17-14-7-4-11(2)15(16)10-14;1-3-12-6-4-5-7-15(12)17-13-9-8-11(2)14(16)10-13/h3-6,8-10H,1H2,2H3;4-10H,3H2,1-2H3. The molecule has 0 atom stereocenters. The van der Waals surface area contributed by atoms with Crippen molar-refractivity contribution in [3.8, 4) is 17.2 Å². The minimum Gasteiger partial charge on any atom is -0.477 e. The van der Waals surface area contributed by atoms with Crippen LogP contribution < -0.4 is 9.47 Å². The van der Waals surface area contributed by atoms with E-state index in [-0.39, 0.29) is 11.6 Å². The lowest BCUT2D eigenvalue weighted by Crippen LogP contribution is -2.07. The second-order valence-electron chi connectivity index (χ2n) is 7.68. The lowest BCUT2D eigenvalue weighted by Gasteiger charge is -2.16. The Hall–Kier alpha value is -3.66. The second kappa shape index (κ2) is 12.0. The first-order chi connectivity index (χ1) is 16.4. The first kappa shape index (κ1) is 25.0. The van der Waals surface area contributed by atoms with Crippen LogP contribution in [0.5, 0.6) is 17.2 Å². The van der Waals surface area contributed by atoms with E-state index >= 15 is 0 Å². The maximum atomic E-state index is 13.4. The average molecular weight is 458 g/mol. The van der Waals surface area contributed by atoms with Crippen LogP contribution in [-0.2, 0) is 6.42 Å². The quantitative estimate of drug-likeness (QED) is 0.369. The van der Waals surface area contributed by atoms with Crippen LogP contribution >= 0.6 is 0 Å². The van der Waals surface area contributed by atoms with Crippen LogP contribution in [0.4, 0.5) is 8.78 Å². The first-order valence-electron chi connectivity index (χ1n) is 11.0. The molecule has 0 spiro atoms. The topological polar surface area (TPSA) is 18.5 Å². The van der Waals surface area contributed by atoms with Gasteiger partial charge < -0.3 is 9.47 Å². The molecule has 3 aromatic rings. The third kappa shape index (κ3) is 6.92. The summed E-state index contributed by atoms with van der Waals surface area (Å²) in [6.45, 7) is 9.16. The molecule has 0 unspecified atom stereocenters. The highest BCUT2D eigenvalue weighted by atomic mass is 19.1. The molecule has 0 heterocycles. The number of para-hydroxylation sites is 1. The Balaban J connectivity index is 0.000000191. The van der Waals surface area contributed by atoms with Crippen molar-refractivity contribution in [1.29, 1.82) is 0 Å². The molecular formula is C30H27F2O2. The van der Waals surface area contributed by atoms with Crippen LogP contribution in [0.3, 0.4) is 0 Å². The van der Waals surface area contributed by atoms with E-state index < -0.39 is 0 Å². The van der Waals surface area contributed by atoms with Crippen molar-refractivity contribution in [2.45, 2.75) is 27.2 Å². The first-order valence-corrected chi connectivity index (χ1v) is 11.0. The summed E-state index contributed by atoms with van der Waals surface area (Å²) in [5, 5.41) is 0. The van der Waals surface area contributed by atoms with Crippen molar-refractivity contribution in [1.82, 2.24) is 0 Å². The summed E-state index contributed by atoms with van der Waals surface area (Å²) < 4.78 is 37.9. The van der Waals surface area contributed by atoms with Gasteiger partial charge in [-0.3, -0.25) is 0 Å². The fraction of sp³-hybridized carbons (Fsp3) is 0.133. The minimum absolute atomic E-state index is 0.239. The molecule has 0 fully saturated rings. The van der Waals surface area contributed by atoms with E-state index in [0.29, 0.717) is 28.7 Å². The zero-order valence-electron chi connectivity index (χ0n) is 19.6. The van der Waals surface area contributed by atoms with E-state index in [9.17, 15) is 8.78 Å². The third-order valence-corrected chi connectivity index (χ3v) is 5.13. The number of aryl methyl sites for hydroxylation is 2. The maximum absolute atomic E-state index is 13.4. The molecule has 3 radical (unpaired) electrons. The van der Waals surface area contributed by atoms with Crippen molar-refractivity contribution in [2.24, 2.45) is 0 Å². The number of halogens is 2. The van der Waals surface area contributed by atoms with Crippen molar-refractivity contribution >= 4 is 6.08 Å². The van der Waals surface area contributed by atoms with Crippen LogP contribution in [0.15, 0.2) is 96.9 Å². The van der Waals surface area contributed by atoms with E-state index in [1.54, 1.807) is 38.1 Å². The molecule has 4 rings (SSSR count). The summed E-state index contributed by atoms with van der Waals surface area (Å²) in [6, 6.07) is 20.1. The Morgan fingerprint density at radius 2 is 1.62 bits per heavy atom. The van der Waals surface area contributed by atoms with Gasteiger partial charge in [0.25, 0.3) is 0 Å². The smallest absolute Gasteiger partial charge is 0.185 e. The summed E-state index contributed by atoms with van der Waals surface area (Å²) in [4.78, 5) is 0. The lowest BCUT2D eigenvalue weighted by molar-refractivity contribution is 0.373. The molecule has 0 amide bonds. The summed E-state index contributed by atoms with van der Waals surface area (Å²) in [6.07, 6.45) is 8.79. The highest BCUT2D eigenvalue weighted by Gasteiger charge is 2.16. The highest BCUT2D eigenvalue weighted by Crippen LogP contribution is 2.28. The maximum Gasteiger partial charge on any atom is 0.185 e. The van der Waals surface area contributed by atoms with Gasteiger partial charge in [0.05, 0.1) is 6.42 Å². The van der Waals surface area contributed by atoms with Gasteiger partial charge in [-0.15, -0.1) is 0 Å². The minimum atomic E-state index is -0.290. The van der Waals surface area contributed by atoms with Crippen molar-refractivity contribution in [3.05, 3.63) is 132 Å². The van der Waals surface area contributed by atoms with Crippen LogP contribution in [0, 0.1) is 25.3 Å². The molecule has 3 aromatic carbocycles. The van der Waals surface area contributed by atoms with Gasteiger partial charge in [-0.25, -0.2) is 8.78 Å². The SMILES string of the molecule is C=Cc1ccc(O[C]2[C]C=C(C)C(F)=C2)cc1.CCc1ccccc1Oc1ccc(C)c(F)c1. The number of rotatable bonds is 6. The predicted molar refractivity (Wildman–Crippen MR) is 134 cm³/mol. The number of hydrogen-bond donors (Lipinski definition) is 0. The Labute approximate surface area is 200 Å². The Kier molecular flexibility index (Phi) is 8.80. The monoisotopic (exact) mass is 457 g/mol. The predicted octanol–water partition coefficient (Wildman–Crippen LogP) is 8.62. The van der Waals surface area contributed by atoms with Crippen molar-refractivity contribution < 1.29 is 18.3 Å². The summed E-state index contributed by atoms with van der Waals surface area (Å²) >= 11 is 0. The van der Waals surface area contributed by atoms with Gasteiger partial charge in [0.15, 0.2) is 6.10 Å². The summed E-state index contributed by atoms with van der Waals surface area (Å²) in [5.41, 5.74) is 3.31. The fourth-order valence-corrected chi connectivity index (χ4v) is 3.04. The molecule has 0 bridgehead atoms. The van der Waals surface area contributed by atoms with Gasteiger partial charge in [-0.1, -0.05) is 62.1 Å². The Morgan fingerprint density at radius 3 is 2.26 bits per heavy atom. The van der Waals surface area contributed by atoms with Crippen LogP contribution in [0.25, 0.3) is 6.08 Å². The van der Waals surface area contributed by atoms with E-state index in [1.807, 2.05) is 48.5 Å². The van der Waals surface area contributed by atoms with Crippen molar-refractivity contribution in [2.75, 3.05) is 0 Å². The van der Waals surface area contributed by atoms with E-state index in [2.05, 4.69) is 19.9 Å². The molecule has 173 valence electrons. The molecule has 1 aliphatic carbocycles. The van der Waals surface area contributed by atoms with Gasteiger partial charge in [0.1, 0.15) is 28.9 Å². The molecule has 0 saturated carbocycles. The van der Waals surface area contributed by atoms with Crippen molar-refractivity contribution in [3.63, 3.8) is 0 Å². The second-order valence-corrected chi connectivity index (χ2v) is 7.68. The summed E-state index contributed by atoms with van der Waals surface area (Å²) in [7, 11) is 0. The van der Waals surface area contributed by atoms with Gasteiger partial charge in [-0.2, -0.15) is 0 Å². The molecule has 1 aliphatic rings. The number of allylic oxidation sites excluding steroid dienone is 2. The number of ether oxygens (including phenoxy) is 2. The summed E-state index contributed by atoms with van der Waals surface area (Å²) in [5.74, 6) is 1.44. The van der Waals surface area contributed by atoms with E-state index in [0.717, 1.165) is 23.3 Å². The normalized spacial score (nSPS) is 13.2. The largest absolute Gasteiger partial charge is 0.477 e. The molecular weight excluding hydrogens is 430 g/mol. The zero-order valence-corrected chi connectivity index (χ0v) is 19.6. The zero-order chi connectivity index (χ0) is 24.5. The molecule has 2 nitrogen and oxygen atoms in total. The van der Waals surface area contributed by atoms with Crippen LogP contribution in [0.1, 0.15) is 30.5 Å². The van der Waals surface area contributed by atoms with Crippen LogP contribution in [0.2, 0.25) is 0 Å². The molecule has 0 N–H and O–H groups in total. The van der Waals surface area contributed by atoms with E-state index in [1.165, 1.54) is 12.1 Å². The molecule has 0 aliphatic heterocycles. The average Bonchev–Trinajstić information content (AvgIpc) is 2.85. The van der Waals surface area contributed by atoms with E-state index in [4.69, 9.17) is 9.47 Å². The number of hydrogen-bond acceptors (Lipinski definition) is 2. The Morgan fingerprint density at radius 1 is 0.912 bits per heavy atom. The third-order valence-electron chi connectivity index (χ3n) is 5.13. The van der Waals surface area contributed by atoms with Gasteiger partial charge in [0, 0.05) is 12.1 Å². The van der Waals surface area contributed by atoms with Gasteiger partial charge >= 0.3 is 0 Å².